The van der Waals surface area contributed by atoms with Gasteiger partial charge in [0.25, 0.3) is 0 Å². The molecule has 0 spiro atoms. The van der Waals surface area contributed by atoms with Gasteiger partial charge >= 0.3 is 0 Å². The van der Waals surface area contributed by atoms with Gasteiger partial charge in [0.15, 0.2) is 0 Å². The Hall–Kier alpha value is -3.08. The fourth-order valence-corrected chi connectivity index (χ4v) is 2.60. The minimum atomic E-state index is -0.101. The Bertz CT molecular complexity index is 877. The van der Waals surface area contributed by atoms with Crippen molar-refractivity contribution in [2.45, 2.75) is 13.3 Å². The molecule has 1 heterocycles. The van der Waals surface area contributed by atoms with Crippen molar-refractivity contribution in [2.75, 3.05) is 17.2 Å². The molecule has 5 heteroatoms. The lowest BCUT2D eigenvalue weighted by atomic mass is 10.1. The lowest BCUT2D eigenvalue weighted by molar-refractivity contribution is -0.114. The molecule has 0 aliphatic heterocycles. The van der Waals surface area contributed by atoms with Crippen molar-refractivity contribution in [1.29, 1.82) is 0 Å². The van der Waals surface area contributed by atoms with Gasteiger partial charge in [0.05, 0.1) is 11.2 Å². The van der Waals surface area contributed by atoms with Crippen molar-refractivity contribution in [2.24, 2.45) is 0 Å². The zero-order valence-corrected chi connectivity index (χ0v) is 13.4. The van der Waals surface area contributed by atoms with Crippen LogP contribution in [0.3, 0.4) is 0 Å². The van der Waals surface area contributed by atoms with Crippen molar-refractivity contribution in [3.8, 4) is 5.75 Å². The van der Waals surface area contributed by atoms with Gasteiger partial charge in [0.2, 0.25) is 5.91 Å². The molecule has 0 unspecified atom stereocenters. The molecule has 3 N–H and O–H groups in total. The van der Waals surface area contributed by atoms with Crippen LogP contribution in [0.25, 0.3) is 10.9 Å². The van der Waals surface area contributed by atoms with Gasteiger partial charge in [-0.2, -0.15) is 0 Å². The van der Waals surface area contributed by atoms with Crippen molar-refractivity contribution < 1.29 is 9.90 Å². The van der Waals surface area contributed by atoms with E-state index in [2.05, 4.69) is 15.6 Å². The number of anilines is 2. The number of hydrogen-bond acceptors (Lipinski definition) is 4. The Morgan fingerprint density at radius 1 is 1.12 bits per heavy atom. The fourth-order valence-electron chi connectivity index (χ4n) is 2.60. The highest BCUT2D eigenvalue weighted by atomic mass is 16.3. The number of pyridine rings is 1. The van der Waals surface area contributed by atoms with E-state index in [0.29, 0.717) is 6.54 Å². The largest absolute Gasteiger partial charge is 0.508 e. The van der Waals surface area contributed by atoms with Crippen LogP contribution in [0, 0.1) is 0 Å². The quantitative estimate of drug-likeness (QED) is 0.672. The monoisotopic (exact) mass is 321 g/mol. The van der Waals surface area contributed by atoms with Gasteiger partial charge < -0.3 is 15.7 Å². The number of amides is 1. The summed E-state index contributed by atoms with van der Waals surface area (Å²) in [7, 11) is 0. The molecule has 0 aliphatic carbocycles. The second-order valence-electron chi connectivity index (χ2n) is 5.60. The maximum atomic E-state index is 11.3. The zero-order chi connectivity index (χ0) is 16.9. The first-order valence-electron chi connectivity index (χ1n) is 7.81. The number of nitrogens with zero attached hydrogens (tertiary/aromatic N) is 1. The normalized spacial score (nSPS) is 10.5. The van der Waals surface area contributed by atoms with Crippen molar-refractivity contribution in [1.82, 2.24) is 4.98 Å². The first-order chi connectivity index (χ1) is 11.6. The Morgan fingerprint density at radius 2 is 1.96 bits per heavy atom. The first-order valence-corrected chi connectivity index (χ1v) is 7.81. The molecule has 1 amide bonds. The number of nitrogens with one attached hydrogen (secondary N) is 2. The second kappa shape index (κ2) is 7.00. The molecule has 122 valence electrons. The number of aromatic nitrogens is 1. The summed E-state index contributed by atoms with van der Waals surface area (Å²) in [6.07, 6.45) is 0.792. The number of carbonyl (C=O) groups is 1. The van der Waals surface area contributed by atoms with Gasteiger partial charge in [-0.1, -0.05) is 18.2 Å². The molecule has 0 radical (unpaired) electrons. The third-order valence-electron chi connectivity index (χ3n) is 3.67. The molecule has 3 rings (SSSR count). The summed E-state index contributed by atoms with van der Waals surface area (Å²) in [4.78, 5) is 15.8. The average Bonchev–Trinajstić information content (AvgIpc) is 2.54. The molecule has 0 saturated carbocycles. The van der Waals surface area contributed by atoms with Gasteiger partial charge in [-0.15, -0.1) is 0 Å². The highest BCUT2D eigenvalue weighted by Gasteiger charge is 2.04. The van der Waals surface area contributed by atoms with Crippen molar-refractivity contribution in [3.05, 3.63) is 60.2 Å². The number of fused-ring (bicyclic) bond motifs is 1. The van der Waals surface area contributed by atoms with E-state index in [0.717, 1.165) is 34.4 Å². The Morgan fingerprint density at radius 3 is 2.75 bits per heavy atom. The van der Waals surface area contributed by atoms with Gasteiger partial charge in [-0.25, -0.2) is 4.98 Å². The molecular weight excluding hydrogens is 302 g/mol. The van der Waals surface area contributed by atoms with Gasteiger partial charge in [0.1, 0.15) is 11.6 Å². The van der Waals surface area contributed by atoms with Crippen LogP contribution in [0.4, 0.5) is 11.5 Å². The first kappa shape index (κ1) is 15.8. The summed E-state index contributed by atoms with van der Waals surface area (Å²) in [5.41, 5.74) is 2.65. The van der Waals surface area contributed by atoms with E-state index < -0.39 is 0 Å². The molecule has 1 aromatic heterocycles. The van der Waals surface area contributed by atoms with Crippen molar-refractivity contribution in [3.63, 3.8) is 0 Å². The summed E-state index contributed by atoms with van der Waals surface area (Å²) in [5, 5.41) is 16.5. The van der Waals surface area contributed by atoms with E-state index in [-0.39, 0.29) is 11.7 Å². The van der Waals surface area contributed by atoms with Crippen LogP contribution in [0.1, 0.15) is 12.5 Å². The molecule has 5 nitrogen and oxygen atoms in total. The number of aromatic hydroxyl groups is 1. The standard InChI is InChI=1S/C19H19N3O2/c1-13(23)21-17-6-3-7-18-16(17)8-9-19(22-18)20-11-10-14-4-2-5-15(24)12-14/h2-9,12,24H,10-11H2,1H3,(H,20,22)(H,21,23). The summed E-state index contributed by atoms with van der Waals surface area (Å²) in [6.45, 7) is 2.21. The van der Waals surface area contributed by atoms with Crippen LogP contribution in [0.15, 0.2) is 54.6 Å². The van der Waals surface area contributed by atoms with E-state index in [1.807, 2.05) is 42.5 Å². The minimum Gasteiger partial charge on any atom is -0.508 e. The maximum Gasteiger partial charge on any atom is 0.221 e. The molecule has 0 saturated heterocycles. The van der Waals surface area contributed by atoms with E-state index in [9.17, 15) is 9.90 Å². The van der Waals surface area contributed by atoms with Crippen LogP contribution in [-0.4, -0.2) is 22.5 Å². The predicted molar refractivity (Wildman–Crippen MR) is 96.3 cm³/mol. The smallest absolute Gasteiger partial charge is 0.221 e. The molecule has 2 aromatic carbocycles. The van der Waals surface area contributed by atoms with E-state index >= 15 is 0 Å². The summed E-state index contributed by atoms with van der Waals surface area (Å²) < 4.78 is 0. The SMILES string of the molecule is CC(=O)Nc1cccc2nc(NCCc3cccc(O)c3)ccc12. The highest BCUT2D eigenvalue weighted by Crippen LogP contribution is 2.23. The third kappa shape index (κ3) is 3.81. The zero-order valence-electron chi connectivity index (χ0n) is 13.4. The van der Waals surface area contributed by atoms with E-state index in [1.165, 1.54) is 6.92 Å². The lowest BCUT2D eigenvalue weighted by Crippen LogP contribution is -2.08. The highest BCUT2D eigenvalue weighted by molar-refractivity contribution is 6.00. The topological polar surface area (TPSA) is 74.2 Å². The van der Waals surface area contributed by atoms with Crippen LogP contribution in [0.2, 0.25) is 0 Å². The van der Waals surface area contributed by atoms with Crippen LogP contribution < -0.4 is 10.6 Å². The fraction of sp³-hybridized carbons (Fsp3) is 0.158. The van der Waals surface area contributed by atoms with E-state index in [1.54, 1.807) is 12.1 Å². The number of rotatable bonds is 5. The summed E-state index contributed by atoms with van der Waals surface area (Å²) in [6, 6.07) is 16.7. The Kier molecular flexibility index (Phi) is 4.61. The average molecular weight is 321 g/mol. The molecule has 0 aliphatic rings. The van der Waals surface area contributed by atoms with Gasteiger partial charge in [0, 0.05) is 18.9 Å². The number of benzene rings is 2. The van der Waals surface area contributed by atoms with Gasteiger partial charge in [-0.05, 0) is 48.4 Å². The Labute approximate surface area is 140 Å². The third-order valence-corrected chi connectivity index (χ3v) is 3.67. The minimum absolute atomic E-state index is 0.101. The molecule has 3 aromatic rings. The van der Waals surface area contributed by atoms with Gasteiger partial charge in [-0.3, -0.25) is 4.79 Å². The lowest BCUT2D eigenvalue weighted by Gasteiger charge is -2.10. The molecule has 0 atom stereocenters. The molecular formula is C19H19N3O2. The summed E-state index contributed by atoms with van der Waals surface area (Å²) >= 11 is 0. The van der Waals surface area contributed by atoms with Crippen LogP contribution in [-0.2, 0) is 11.2 Å². The maximum absolute atomic E-state index is 11.3. The van der Waals surface area contributed by atoms with Crippen LogP contribution >= 0.6 is 0 Å². The second-order valence-corrected chi connectivity index (χ2v) is 5.60. The number of phenols is 1. The van der Waals surface area contributed by atoms with Crippen LogP contribution in [0.5, 0.6) is 5.75 Å². The number of phenolic OH excluding ortho intramolecular Hbond substituents is 1. The Balaban J connectivity index is 1.70. The number of carbonyl (C=O) groups excluding carboxylic acids is 1. The van der Waals surface area contributed by atoms with E-state index in [4.69, 9.17) is 0 Å². The molecule has 24 heavy (non-hydrogen) atoms. The summed E-state index contributed by atoms with van der Waals surface area (Å²) in [5.74, 6) is 0.959. The predicted octanol–water partition coefficient (Wildman–Crippen LogP) is 3.55. The number of hydrogen-bond donors (Lipinski definition) is 3. The van der Waals surface area contributed by atoms with Crippen molar-refractivity contribution >= 4 is 28.3 Å². The molecule has 0 bridgehead atoms. The molecule has 0 fully saturated rings.